The number of nitrogens with zero attached hydrogens (tertiary/aromatic N) is 1. The Labute approximate surface area is 90.1 Å². The first kappa shape index (κ1) is 13.9. The van der Waals surface area contributed by atoms with Crippen LogP contribution in [0.25, 0.3) is 0 Å². The molecule has 0 spiro atoms. The summed E-state index contributed by atoms with van der Waals surface area (Å²) in [5, 5.41) is 3.50. The second kappa shape index (κ2) is 7.24. The van der Waals surface area contributed by atoms with Crippen molar-refractivity contribution in [1.82, 2.24) is 10.2 Å². The van der Waals surface area contributed by atoms with E-state index in [-0.39, 0.29) is 0 Å². The van der Waals surface area contributed by atoms with Crippen LogP contribution in [0.5, 0.6) is 0 Å². The molecule has 0 rings (SSSR count). The first-order chi connectivity index (χ1) is 6.49. The largest absolute Gasteiger partial charge is 0.316 e. The lowest BCUT2D eigenvalue weighted by molar-refractivity contribution is 0.293. The first-order valence-corrected chi connectivity index (χ1v) is 5.92. The molecular weight excluding hydrogens is 172 g/mol. The lowest BCUT2D eigenvalue weighted by Gasteiger charge is -2.20. The fourth-order valence-electron chi connectivity index (χ4n) is 1.43. The van der Waals surface area contributed by atoms with Crippen LogP contribution in [0, 0.1) is 5.41 Å². The van der Waals surface area contributed by atoms with Gasteiger partial charge in [0.15, 0.2) is 0 Å². The van der Waals surface area contributed by atoms with Crippen LogP contribution in [-0.4, -0.2) is 37.6 Å². The van der Waals surface area contributed by atoms with Crippen LogP contribution in [0.4, 0.5) is 0 Å². The summed E-state index contributed by atoms with van der Waals surface area (Å²) in [4.78, 5) is 2.47. The lowest BCUT2D eigenvalue weighted by Crippen LogP contribution is -2.31. The Hall–Kier alpha value is -0.0800. The predicted octanol–water partition coefficient (Wildman–Crippen LogP) is 2.35. The number of rotatable bonds is 7. The molecule has 0 radical (unpaired) electrons. The van der Waals surface area contributed by atoms with Crippen molar-refractivity contribution in [2.24, 2.45) is 5.41 Å². The minimum Gasteiger partial charge on any atom is -0.316 e. The van der Waals surface area contributed by atoms with Crippen LogP contribution in [0.15, 0.2) is 0 Å². The molecule has 0 saturated heterocycles. The highest BCUT2D eigenvalue weighted by atomic mass is 15.1. The normalized spacial score (nSPS) is 12.4. The molecule has 0 aromatic heterocycles. The summed E-state index contributed by atoms with van der Waals surface area (Å²) in [6, 6.07) is 0. The van der Waals surface area contributed by atoms with Crippen molar-refractivity contribution >= 4 is 0 Å². The Balaban J connectivity index is 3.29. The Kier molecular flexibility index (Phi) is 7.20. The van der Waals surface area contributed by atoms with Crippen molar-refractivity contribution in [1.29, 1.82) is 0 Å². The van der Waals surface area contributed by atoms with Gasteiger partial charge >= 0.3 is 0 Å². The second-order valence-electron chi connectivity index (χ2n) is 5.12. The van der Waals surface area contributed by atoms with E-state index in [1.807, 2.05) is 0 Å². The van der Waals surface area contributed by atoms with Gasteiger partial charge in [-0.15, -0.1) is 0 Å². The van der Waals surface area contributed by atoms with Gasteiger partial charge in [-0.25, -0.2) is 0 Å². The fraction of sp³-hybridized carbons (Fsp3) is 1.00. The van der Waals surface area contributed by atoms with Crippen LogP contribution < -0.4 is 5.32 Å². The Morgan fingerprint density at radius 3 is 2.07 bits per heavy atom. The van der Waals surface area contributed by atoms with Crippen LogP contribution in [0.1, 0.15) is 41.0 Å². The highest BCUT2D eigenvalue weighted by Gasteiger charge is 2.08. The van der Waals surface area contributed by atoms with Crippen molar-refractivity contribution in [3.8, 4) is 0 Å². The van der Waals surface area contributed by atoms with Gasteiger partial charge in [-0.2, -0.15) is 0 Å². The molecule has 0 amide bonds. The monoisotopic (exact) mass is 200 g/mol. The molecule has 0 heterocycles. The van der Waals surface area contributed by atoms with E-state index in [1.165, 1.54) is 26.1 Å². The number of hydrogen-bond donors (Lipinski definition) is 1. The summed E-state index contributed by atoms with van der Waals surface area (Å²) < 4.78 is 0. The van der Waals surface area contributed by atoms with Crippen molar-refractivity contribution < 1.29 is 0 Å². The van der Waals surface area contributed by atoms with E-state index in [0.717, 1.165) is 13.1 Å². The van der Waals surface area contributed by atoms with E-state index in [1.54, 1.807) is 0 Å². The van der Waals surface area contributed by atoms with E-state index < -0.39 is 0 Å². The van der Waals surface area contributed by atoms with Crippen molar-refractivity contribution in [2.45, 2.75) is 41.0 Å². The summed E-state index contributed by atoms with van der Waals surface area (Å²) >= 11 is 0. The molecule has 1 N–H and O–H groups in total. The SMILES string of the molecule is CCN(CC)CCCNCC(C)(C)C. The molecule has 0 aliphatic rings. The maximum Gasteiger partial charge on any atom is -0.0000116 e. The summed E-state index contributed by atoms with van der Waals surface area (Å²) in [5.41, 5.74) is 0.412. The molecular formula is C12H28N2. The van der Waals surface area contributed by atoms with Crippen LogP contribution in [0.3, 0.4) is 0 Å². The molecule has 0 fully saturated rings. The Bertz CT molecular complexity index is 123. The van der Waals surface area contributed by atoms with E-state index in [9.17, 15) is 0 Å². The highest BCUT2D eigenvalue weighted by Crippen LogP contribution is 2.09. The van der Waals surface area contributed by atoms with Gasteiger partial charge < -0.3 is 10.2 Å². The second-order valence-corrected chi connectivity index (χ2v) is 5.12. The summed E-state index contributed by atoms with van der Waals surface area (Å²) in [6.45, 7) is 17.1. The molecule has 2 nitrogen and oxygen atoms in total. The number of nitrogens with one attached hydrogen (secondary N) is 1. The summed E-state index contributed by atoms with van der Waals surface area (Å²) in [5.74, 6) is 0. The Morgan fingerprint density at radius 2 is 1.64 bits per heavy atom. The lowest BCUT2D eigenvalue weighted by atomic mass is 9.97. The smallest absolute Gasteiger partial charge is 0.0000116 e. The van der Waals surface area contributed by atoms with E-state index in [0.29, 0.717) is 5.41 Å². The van der Waals surface area contributed by atoms with E-state index in [4.69, 9.17) is 0 Å². The molecule has 0 aliphatic heterocycles. The molecule has 86 valence electrons. The van der Waals surface area contributed by atoms with Gasteiger partial charge in [-0.05, 0) is 44.6 Å². The molecule has 0 bridgehead atoms. The van der Waals surface area contributed by atoms with Crippen LogP contribution >= 0.6 is 0 Å². The maximum atomic E-state index is 3.50. The topological polar surface area (TPSA) is 15.3 Å². The molecule has 0 aromatic carbocycles. The van der Waals surface area contributed by atoms with Gasteiger partial charge in [0.05, 0.1) is 0 Å². The quantitative estimate of drug-likeness (QED) is 0.635. The van der Waals surface area contributed by atoms with Crippen LogP contribution in [0.2, 0.25) is 0 Å². The molecule has 0 saturated carbocycles. The van der Waals surface area contributed by atoms with Gasteiger partial charge in [-0.1, -0.05) is 34.6 Å². The molecule has 0 aliphatic carbocycles. The predicted molar refractivity (Wildman–Crippen MR) is 64.7 cm³/mol. The van der Waals surface area contributed by atoms with Gasteiger partial charge in [-0.3, -0.25) is 0 Å². The molecule has 14 heavy (non-hydrogen) atoms. The summed E-state index contributed by atoms with van der Waals surface area (Å²) in [7, 11) is 0. The minimum absolute atomic E-state index is 0.412. The zero-order valence-electron chi connectivity index (χ0n) is 10.7. The molecule has 0 unspecified atom stereocenters. The third kappa shape index (κ3) is 8.52. The average Bonchev–Trinajstić information content (AvgIpc) is 2.09. The van der Waals surface area contributed by atoms with Gasteiger partial charge in [0.2, 0.25) is 0 Å². The minimum atomic E-state index is 0.412. The average molecular weight is 200 g/mol. The van der Waals surface area contributed by atoms with E-state index >= 15 is 0 Å². The third-order valence-corrected chi connectivity index (χ3v) is 2.38. The highest BCUT2D eigenvalue weighted by molar-refractivity contribution is 4.65. The van der Waals surface area contributed by atoms with Gasteiger partial charge in [0, 0.05) is 0 Å². The zero-order valence-corrected chi connectivity index (χ0v) is 10.7. The molecule has 0 aromatic rings. The van der Waals surface area contributed by atoms with Crippen molar-refractivity contribution in [2.75, 3.05) is 32.7 Å². The molecule has 0 atom stereocenters. The van der Waals surface area contributed by atoms with Crippen molar-refractivity contribution in [3.63, 3.8) is 0 Å². The summed E-state index contributed by atoms with van der Waals surface area (Å²) in [6.07, 6.45) is 1.26. The first-order valence-electron chi connectivity index (χ1n) is 5.92. The van der Waals surface area contributed by atoms with Crippen LogP contribution in [-0.2, 0) is 0 Å². The Morgan fingerprint density at radius 1 is 1.07 bits per heavy atom. The number of hydrogen-bond acceptors (Lipinski definition) is 2. The van der Waals surface area contributed by atoms with Crippen molar-refractivity contribution in [3.05, 3.63) is 0 Å². The van der Waals surface area contributed by atoms with Gasteiger partial charge in [0.1, 0.15) is 0 Å². The zero-order chi connectivity index (χ0) is 11.0. The standard InChI is InChI=1S/C12H28N2/c1-6-14(7-2)10-8-9-13-11-12(3,4)5/h13H,6-11H2,1-5H3. The molecule has 2 heteroatoms. The van der Waals surface area contributed by atoms with E-state index in [2.05, 4.69) is 44.8 Å². The fourth-order valence-corrected chi connectivity index (χ4v) is 1.43. The van der Waals surface area contributed by atoms with Gasteiger partial charge in [0.25, 0.3) is 0 Å². The maximum absolute atomic E-state index is 3.50. The third-order valence-electron chi connectivity index (χ3n) is 2.38.